The molecule has 1 aliphatic heterocycles. The van der Waals surface area contributed by atoms with Crippen LogP contribution in [0.25, 0.3) is 11.4 Å². The van der Waals surface area contributed by atoms with Crippen LogP contribution in [-0.2, 0) is 0 Å². The van der Waals surface area contributed by atoms with Crippen molar-refractivity contribution in [3.05, 3.63) is 23.9 Å². The average Bonchev–Trinajstić information content (AvgIpc) is 3.23. The number of anilines is 1. The molecule has 2 aromatic rings. The van der Waals surface area contributed by atoms with Crippen LogP contribution >= 0.6 is 0 Å². The van der Waals surface area contributed by atoms with Crippen molar-refractivity contribution in [2.45, 2.75) is 18.8 Å². The molecule has 0 bridgehead atoms. The van der Waals surface area contributed by atoms with E-state index in [1.807, 2.05) is 18.2 Å². The van der Waals surface area contributed by atoms with Gasteiger partial charge in [0.2, 0.25) is 12.5 Å². The van der Waals surface area contributed by atoms with Gasteiger partial charge in [0.1, 0.15) is 5.82 Å². The number of hydrogen-bond acceptors (Lipinski definition) is 6. The third-order valence-corrected chi connectivity index (χ3v) is 3.68. The molecule has 2 N–H and O–H groups in total. The molecule has 2 aliphatic rings. The predicted molar refractivity (Wildman–Crippen MR) is 76.5 cm³/mol. The molecule has 4 rings (SSSR count). The second kappa shape index (κ2) is 4.51. The van der Waals surface area contributed by atoms with Gasteiger partial charge in [-0.2, -0.15) is 0 Å². The van der Waals surface area contributed by atoms with Crippen molar-refractivity contribution in [3.63, 3.8) is 0 Å². The molecule has 108 valence electrons. The van der Waals surface area contributed by atoms with Crippen LogP contribution < -0.4 is 19.9 Å². The standard InChI is InChI=1S/C15H15N3O3/c1-19-11-4-9(5-12-14(11)21-7-20-12)15-17-10(8-2-3-8)6-13(16)18-15/h4-6,8H,2-3,7H2,1H3,(H2,16,17,18). The van der Waals surface area contributed by atoms with Crippen molar-refractivity contribution >= 4 is 5.82 Å². The van der Waals surface area contributed by atoms with Crippen molar-refractivity contribution in [2.24, 2.45) is 0 Å². The van der Waals surface area contributed by atoms with Crippen molar-refractivity contribution in [3.8, 4) is 28.6 Å². The minimum absolute atomic E-state index is 0.195. The maximum absolute atomic E-state index is 5.91. The molecule has 0 atom stereocenters. The topological polar surface area (TPSA) is 79.5 Å². The highest BCUT2D eigenvalue weighted by atomic mass is 16.7. The number of nitrogens with two attached hydrogens (primary N) is 1. The third kappa shape index (κ3) is 2.12. The van der Waals surface area contributed by atoms with E-state index in [4.69, 9.17) is 19.9 Å². The molecule has 1 saturated carbocycles. The van der Waals surface area contributed by atoms with E-state index >= 15 is 0 Å². The maximum atomic E-state index is 5.91. The molecule has 1 aromatic carbocycles. The number of methoxy groups -OCH3 is 1. The quantitative estimate of drug-likeness (QED) is 0.932. The lowest BCUT2D eigenvalue weighted by Crippen LogP contribution is -2.00. The molecule has 6 nitrogen and oxygen atoms in total. The average molecular weight is 285 g/mol. The number of nitrogens with zero attached hydrogens (tertiary/aromatic N) is 2. The summed E-state index contributed by atoms with van der Waals surface area (Å²) in [6.45, 7) is 0.195. The molecule has 1 aromatic heterocycles. The first-order valence-corrected chi connectivity index (χ1v) is 6.87. The summed E-state index contributed by atoms with van der Waals surface area (Å²) >= 11 is 0. The summed E-state index contributed by atoms with van der Waals surface area (Å²) in [7, 11) is 1.59. The number of fused-ring (bicyclic) bond motifs is 1. The van der Waals surface area contributed by atoms with Crippen molar-refractivity contribution < 1.29 is 14.2 Å². The molecule has 6 heteroatoms. The summed E-state index contributed by atoms with van der Waals surface area (Å²) in [4.78, 5) is 8.95. The van der Waals surface area contributed by atoms with E-state index in [0.29, 0.717) is 34.8 Å². The number of ether oxygens (including phenoxy) is 3. The van der Waals surface area contributed by atoms with Gasteiger partial charge in [-0.1, -0.05) is 0 Å². The van der Waals surface area contributed by atoms with E-state index in [2.05, 4.69) is 9.97 Å². The van der Waals surface area contributed by atoms with Gasteiger partial charge in [-0.3, -0.25) is 0 Å². The molecule has 0 spiro atoms. The lowest BCUT2D eigenvalue weighted by molar-refractivity contribution is 0.171. The Morgan fingerprint density at radius 3 is 2.81 bits per heavy atom. The number of nitrogen functional groups attached to an aromatic ring is 1. The zero-order valence-electron chi connectivity index (χ0n) is 11.6. The smallest absolute Gasteiger partial charge is 0.231 e. The summed E-state index contributed by atoms with van der Waals surface area (Å²) < 4.78 is 16.2. The third-order valence-electron chi connectivity index (χ3n) is 3.68. The van der Waals surface area contributed by atoms with E-state index in [9.17, 15) is 0 Å². The molecule has 1 fully saturated rings. The normalized spacial score (nSPS) is 16.0. The first-order valence-electron chi connectivity index (χ1n) is 6.87. The zero-order valence-corrected chi connectivity index (χ0v) is 11.6. The Hall–Kier alpha value is -2.50. The lowest BCUT2D eigenvalue weighted by atomic mass is 10.1. The Kier molecular flexibility index (Phi) is 2.63. The number of hydrogen-bond donors (Lipinski definition) is 1. The van der Waals surface area contributed by atoms with Gasteiger partial charge in [0.05, 0.1) is 7.11 Å². The SMILES string of the molecule is COc1cc(-c2nc(N)cc(C3CC3)n2)cc2c1OCO2. The summed E-state index contributed by atoms with van der Waals surface area (Å²) in [5.41, 5.74) is 7.73. The summed E-state index contributed by atoms with van der Waals surface area (Å²) in [6, 6.07) is 5.56. The highest BCUT2D eigenvalue weighted by Crippen LogP contribution is 2.44. The van der Waals surface area contributed by atoms with Crippen LogP contribution in [0.1, 0.15) is 24.5 Å². The van der Waals surface area contributed by atoms with Gasteiger partial charge in [0, 0.05) is 23.2 Å². The van der Waals surface area contributed by atoms with Gasteiger partial charge < -0.3 is 19.9 Å². The van der Waals surface area contributed by atoms with Gasteiger partial charge in [0.15, 0.2) is 17.3 Å². The molecule has 0 unspecified atom stereocenters. The second-order valence-electron chi connectivity index (χ2n) is 5.23. The van der Waals surface area contributed by atoms with Gasteiger partial charge in [0.25, 0.3) is 0 Å². The predicted octanol–water partition coefficient (Wildman–Crippen LogP) is 2.34. The highest BCUT2D eigenvalue weighted by Gasteiger charge is 2.27. The van der Waals surface area contributed by atoms with E-state index in [1.54, 1.807) is 7.11 Å². The fourth-order valence-corrected chi connectivity index (χ4v) is 2.46. The lowest BCUT2D eigenvalue weighted by Gasteiger charge is -2.09. The Bertz CT molecular complexity index is 714. The van der Waals surface area contributed by atoms with E-state index < -0.39 is 0 Å². The molecular weight excluding hydrogens is 270 g/mol. The molecule has 1 aliphatic carbocycles. The van der Waals surface area contributed by atoms with Crippen LogP contribution in [0.4, 0.5) is 5.82 Å². The van der Waals surface area contributed by atoms with Crippen molar-refractivity contribution in [1.82, 2.24) is 9.97 Å². The second-order valence-corrected chi connectivity index (χ2v) is 5.23. The Morgan fingerprint density at radius 1 is 1.19 bits per heavy atom. The van der Waals surface area contributed by atoms with Crippen LogP contribution in [0.5, 0.6) is 17.2 Å². The summed E-state index contributed by atoms with van der Waals surface area (Å²) in [6.07, 6.45) is 2.33. The fraction of sp³-hybridized carbons (Fsp3) is 0.333. The Morgan fingerprint density at radius 2 is 2.05 bits per heavy atom. The zero-order chi connectivity index (χ0) is 14.4. The first kappa shape index (κ1) is 12.3. The number of aromatic nitrogens is 2. The fourth-order valence-electron chi connectivity index (χ4n) is 2.46. The molecule has 0 amide bonds. The van der Waals surface area contributed by atoms with Crippen LogP contribution in [0, 0.1) is 0 Å². The first-order chi connectivity index (χ1) is 10.2. The Balaban J connectivity index is 1.83. The number of benzene rings is 1. The highest BCUT2D eigenvalue weighted by molar-refractivity contribution is 5.68. The summed E-state index contributed by atoms with van der Waals surface area (Å²) in [5, 5.41) is 0. The van der Waals surface area contributed by atoms with E-state index in [1.165, 1.54) is 12.8 Å². The molecule has 2 heterocycles. The minimum Gasteiger partial charge on any atom is -0.493 e. The number of rotatable bonds is 3. The molecular formula is C15H15N3O3. The van der Waals surface area contributed by atoms with Crippen molar-refractivity contribution in [2.75, 3.05) is 19.6 Å². The van der Waals surface area contributed by atoms with Gasteiger partial charge in [-0.25, -0.2) is 9.97 Å². The molecule has 21 heavy (non-hydrogen) atoms. The van der Waals surface area contributed by atoms with E-state index in [-0.39, 0.29) is 6.79 Å². The van der Waals surface area contributed by atoms with Gasteiger partial charge in [-0.05, 0) is 25.0 Å². The van der Waals surface area contributed by atoms with Gasteiger partial charge >= 0.3 is 0 Å². The molecule has 0 radical (unpaired) electrons. The minimum atomic E-state index is 0.195. The van der Waals surface area contributed by atoms with Gasteiger partial charge in [-0.15, -0.1) is 0 Å². The largest absolute Gasteiger partial charge is 0.493 e. The van der Waals surface area contributed by atoms with Crippen molar-refractivity contribution in [1.29, 1.82) is 0 Å². The Labute approximate surface area is 121 Å². The van der Waals surface area contributed by atoms with Crippen LogP contribution in [0.3, 0.4) is 0 Å². The van der Waals surface area contributed by atoms with Crippen LogP contribution in [0.15, 0.2) is 18.2 Å². The monoisotopic (exact) mass is 285 g/mol. The van der Waals surface area contributed by atoms with Crippen LogP contribution in [-0.4, -0.2) is 23.9 Å². The molecule has 0 saturated heterocycles. The van der Waals surface area contributed by atoms with E-state index in [0.717, 1.165) is 11.3 Å². The van der Waals surface area contributed by atoms with Crippen LogP contribution in [0.2, 0.25) is 0 Å². The summed E-state index contributed by atoms with van der Waals surface area (Å²) in [5.74, 6) is 3.46. The maximum Gasteiger partial charge on any atom is 0.231 e.